The third kappa shape index (κ3) is 5.56. The highest BCUT2D eigenvalue weighted by Crippen LogP contribution is 2.27. The van der Waals surface area contributed by atoms with Gasteiger partial charge in [0.05, 0.1) is 0 Å². The Morgan fingerprint density at radius 2 is 1.81 bits per heavy atom. The van der Waals surface area contributed by atoms with Crippen LogP contribution >= 0.6 is 11.8 Å². The van der Waals surface area contributed by atoms with E-state index in [0.29, 0.717) is 11.7 Å². The van der Waals surface area contributed by atoms with E-state index in [9.17, 15) is 4.79 Å². The number of carbonyl (C=O) groups is 1. The molecule has 1 unspecified atom stereocenters. The minimum absolute atomic E-state index is 0.201. The van der Waals surface area contributed by atoms with Crippen molar-refractivity contribution in [2.24, 2.45) is 0 Å². The molecule has 0 aliphatic heterocycles. The highest BCUT2D eigenvalue weighted by Gasteiger charge is 2.09. The SMILES string of the molecule is Cc1cc(Sc2ncccn2)ccc1NC(=O)NCC(C)c1ccccc1. The van der Waals surface area contributed by atoms with E-state index >= 15 is 0 Å². The molecule has 3 rings (SSSR count). The van der Waals surface area contributed by atoms with E-state index in [1.165, 1.54) is 17.3 Å². The van der Waals surface area contributed by atoms with Gasteiger partial charge in [-0.25, -0.2) is 14.8 Å². The molecule has 27 heavy (non-hydrogen) atoms. The largest absolute Gasteiger partial charge is 0.337 e. The minimum atomic E-state index is -0.201. The van der Waals surface area contributed by atoms with Crippen LogP contribution in [0.1, 0.15) is 24.0 Å². The molecule has 0 saturated carbocycles. The number of rotatable bonds is 6. The first-order valence-corrected chi connectivity index (χ1v) is 9.59. The lowest BCUT2D eigenvalue weighted by molar-refractivity contribution is 0.251. The van der Waals surface area contributed by atoms with Gasteiger partial charge in [0.2, 0.25) is 0 Å². The van der Waals surface area contributed by atoms with Crippen LogP contribution in [0.4, 0.5) is 10.5 Å². The molecule has 0 bridgehead atoms. The molecule has 0 saturated heterocycles. The van der Waals surface area contributed by atoms with E-state index in [4.69, 9.17) is 0 Å². The molecule has 0 fully saturated rings. The summed E-state index contributed by atoms with van der Waals surface area (Å²) in [5, 5.41) is 6.55. The normalized spacial score (nSPS) is 11.6. The molecule has 1 atom stereocenters. The molecule has 2 aromatic carbocycles. The minimum Gasteiger partial charge on any atom is -0.337 e. The van der Waals surface area contributed by atoms with E-state index < -0.39 is 0 Å². The number of carbonyl (C=O) groups excluding carboxylic acids is 1. The standard InChI is InChI=1S/C21H22N4OS/c1-15-13-18(27-21-22-11-6-12-23-21)9-10-19(15)25-20(26)24-14-16(2)17-7-4-3-5-8-17/h3-13,16H,14H2,1-2H3,(H2,24,25,26). The van der Waals surface area contributed by atoms with E-state index in [2.05, 4.69) is 39.7 Å². The van der Waals surface area contributed by atoms with Crippen LogP contribution in [0.15, 0.2) is 77.0 Å². The molecule has 0 aliphatic rings. The number of nitrogens with zero attached hydrogens (tertiary/aromatic N) is 2. The summed E-state index contributed by atoms with van der Waals surface area (Å²) >= 11 is 1.49. The number of benzene rings is 2. The monoisotopic (exact) mass is 378 g/mol. The van der Waals surface area contributed by atoms with Gasteiger partial charge in [-0.05, 0) is 60.0 Å². The predicted molar refractivity (Wildman–Crippen MR) is 109 cm³/mol. The number of hydrogen-bond acceptors (Lipinski definition) is 4. The van der Waals surface area contributed by atoms with Crippen LogP contribution in [-0.4, -0.2) is 22.5 Å². The molecule has 2 amide bonds. The third-order valence-corrected chi connectivity index (χ3v) is 5.02. The van der Waals surface area contributed by atoms with Crippen molar-refractivity contribution in [3.8, 4) is 0 Å². The second-order valence-electron chi connectivity index (χ2n) is 6.26. The quantitative estimate of drug-likeness (QED) is 0.601. The summed E-state index contributed by atoms with van der Waals surface area (Å²) in [6, 6.07) is 17.6. The average Bonchev–Trinajstić information content (AvgIpc) is 2.70. The maximum Gasteiger partial charge on any atom is 0.319 e. The Hall–Kier alpha value is -2.86. The van der Waals surface area contributed by atoms with Gasteiger partial charge in [-0.15, -0.1) is 0 Å². The summed E-state index contributed by atoms with van der Waals surface area (Å²) in [7, 11) is 0. The molecule has 5 nitrogen and oxygen atoms in total. The summed E-state index contributed by atoms with van der Waals surface area (Å²) in [6.45, 7) is 4.64. The van der Waals surface area contributed by atoms with Gasteiger partial charge in [0, 0.05) is 29.5 Å². The van der Waals surface area contributed by atoms with Crippen molar-refractivity contribution >= 4 is 23.5 Å². The zero-order chi connectivity index (χ0) is 19.1. The van der Waals surface area contributed by atoms with Gasteiger partial charge in [-0.2, -0.15) is 0 Å². The van der Waals surface area contributed by atoms with Crippen LogP contribution in [0, 0.1) is 6.92 Å². The average molecular weight is 379 g/mol. The Bertz CT molecular complexity index is 887. The van der Waals surface area contributed by atoms with Gasteiger partial charge in [0.25, 0.3) is 0 Å². The molecule has 138 valence electrons. The number of hydrogen-bond donors (Lipinski definition) is 2. The fourth-order valence-corrected chi connectivity index (χ4v) is 3.40. The highest BCUT2D eigenvalue weighted by molar-refractivity contribution is 7.99. The summed E-state index contributed by atoms with van der Waals surface area (Å²) in [5.74, 6) is 0.252. The van der Waals surface area contributed by atoms with E-state index in [1.807, 2.05) is 43.3 Å². The Kier molecular flexibility index (Phi) is 6.44. The van der Waals surface area contributed by atoms with Crippen molar-refractivity contribution in [3.63, 3.8) is 0 Å². The van der Waals surface area contributed by atoms with Gasteiger partial charge < -0.3 is 10.6 Å². The summed E-state index contributed by atoms with van der Waals surface area (Å²) < 4.78 is 0. The van der Waals surface area contributed by atoms with Crippen LogP contribution in [0.3, 0.4) is 0 Å². The topological polar surface area (TPSA) is 66.9 Å². The van der Waals surface area contributed by atoms with Crippen LogP contribution in [-0.2, 0) is 0 Å². The van der Waals surface area contributed by atoms with Crippen LogP contribution in [0.25, 0.3) is 0 Å². The molecule has 1 aromatic heterocycles. The van der Waals surface area contributed by atoms with Crippen molar-refractivity contribution in [1.82, 2.24) is 15.3 Å². The highest BCUT2D eigenvalue weighted by atomic mass is 32.2. The Morgan fingerprint density at radius 3 is 2.52 bits per heavy atom. The van der Waals surface area contributed by atoms with Gasteiger partial charge in [0.15, 0.2) is 5.16 Å². The van der Waals surface area contributed by atoms with Crippen LogP contribution < -0.4 is 10.6 Å². The molecule has 2 N–H and O–H groups in total. The van der Waals surface area contributed by atoms with E-state index in [0.717, 1.165) is 16.1 Å². The molecule has 0 radical (unpaired) electrons. The molecular weight excluding hydrogens is 356 g/mol. The predicted octanol–water partition coefficient (Wildman–Crippen LogP) is 4.86. The van der Waals surface area contributed by atoms with E-state index in [1.54, 1.807) is 18.5 Å². The van der Waals surface area contributed by atoms with Gasteiger partial charge in [-0.3, -0.25) is 0 Å². The van der Waals surface area contributed by atoms with Crippen molar-refractivity contribution in [1.29, 1.82) is 0 Å². The fraction of sp³-hybridized carbons (Fsp3) is 0.190. The van der Waals surface area contributed by atoms with Crippen molar-refractivity contribution < 1.29 is 4.79 Å². The first-order chi connectivity index (χ1) is 13.1. The lowest BCUT2D eigenvalue weighted by Gasteiger charge is -2.15. The lowest BCUT2D eigenvalue weighted by Crippen LogP contribution is -2.32. The molecular formula is C21H22N4OS. The summed E-state index contributed by atoms with van der Waals surface area (Å²) in [5.41, 5.74) is 2.99. The first kappa shape index (κ1) is 18.9. The Balaban J connectivity index is 1.54. The maximum atomic E-state index is 12.2. The number of nitrogens with one attached hydrogen (secondary N) is 2. The molecule has 0 aliphatic carbocycles. The van der Waals surface area contributed by atoms with Crippen molar-refractivity contribution in [3.05, 3.63) is 78.1 Å². The third-order valence-electron chi connectivity index (χ3n) is 4.13. The van der Waals surface area contributed by atoms with Crippen molar-refractivity contribution in [2.45, 2.75) is 29.8 Å². The van der Waals surface area contributed by atoms with Crippen molar-refractivity contribution in [2.75, 3.05) is 11.9 Å². The van der Waals surface area contributed by atoms with Gasteiger partial charge in [0.1, 0.15) is 0 Å². The Morgan fingerprint density at radius 1 is 1.07 bits per heavy atom. The lowest BCUT2D eigenvalue weighted by atomic mass is 10.0. The maximum absolute atomic E-state index is 12.2. The first-order valence-electron chi connectivity index (χ1n) is 8.77. The van der Waals surface area contributed by atoms with Crippen LogP contribution in [0.2, 0.25) is 0 Å². The fourth-order valence-electron chi connectivity index (χ4n) is 2.60. The number of aryl methyl sites for hydroxylation is 1. The number of aromatic nitrogens is 2. The molecule has 6 heteroatoms. The van der Waals surface area contributed by atoms with Crippen LogP contribution in [0.5, 0.6) is 0 Å². The second-order valence-corrected chi connectivity index (χ2v) is 7.30. The Labute approximate surface area is 163 Å². The number of anilines is 1. The number of urea groups is 1. The number of amides is 2. The molecule has 0 spiro atoms. The molecule has 3 aromatic rings. The second kappa shape index (κ2) is 9.19. The van der Waals surface area contributed by atoms with E-state index in [-0.39, 0.29) is 11.9 Å². The van der Waals surface area contributed by atoms with Gasteiger partial charge >= 0.3 is 6.03 Å². The summed E-state index contributed by atoms with van der Waals surface area (Å²) in [4.78, 5) is 21.7. The van der Waals surface area contributed by atoms with Gasteiger partial charge in [-0.1, -0.05) is 37.3 Å². The summed E-state index contributed by atoms with van der Waals surface area (Å²) in [6.07, 6.45) is 3.44. The molecule has 1 heterocycles. The zero-order valence-corrected chi connectivity index (χ0v) is 16.2. The zero-order valence-electron chi connectivity index (χ0n) is 15.3. The smallest absolute Gasteiger partial charge is 0.319 e.